The van der Waals surface area contributed by atoms with Gasteiger partial charge in [0.15, 0.2) is 0 Å². The Bertz CT molecular complexity index is 753. The van der Waals surface area contributed by atoms with Crippen molar-refractivity contribution < 1.29 is 23.1 Å². The third kappa shape index (κ3) is 4.72. The Morgan fingerprint density at radius 3 is 2.45 bits per heavy atom. The molecule has 1 N–H and O–H groups in total. The van der Waals surface area contributed by atoms with Crippen LogP contribution in [0.2, 0.25) is 0 Å². The van der Waals surface area contributed by atoms with Gasteiger partial charge in [0.1, 0.15) is 18.4 Å². The molecule has 7 nitrogen and oxygen atoms in total. The van der Waals surface area contributed by atoms with E-state index in [0.29, 0.717) is 24.4 Å². The first kappa shape index (κ1) is 23.3. The molecule has 2 saturated heterocycles. The molecule has 0 spiro atoms. The maximum absolute atomic E-state index is 14.4. The van der Waals surface area contributed by atoms with Crippen LogP contribution in [0.4, 0.5) is 13.6 Å². The normalized spacial score (nSPS) is 42.2. The number of rotatable bonds is 3. The molecule has 0 aromatic heterocycles. The van der Waals surface area contributed by atoms with E-state index < -0.39 is 24.5 Å². The first-order valence-electron chi connectivity index (χ1n) is 12.9. The van der Waals surface area contributed by atoms with Crippen LogP contribution in [0.5, 0.6) is 0 Å². The van der Waals surface area contributed by atoms with Gasteiger partial charge in [0.25, 0.3) is 0 Å². The third-order valence-electron chi connectivity index (χ3n) is 8.65. The molecule has 0 aromatic rings. The molecular formula is C24H38F2N4O3. The molecule has 9 heteroatoms. The smallest absolute Gasteiger partial charge is 0.410 e. The number of carbonyl (C=O) groups excluding carboxylic acids is 2. The quantitative estimate of drug-likeness (QED) is 0.690. The number of nitrogens with zero attached hydrogens (tertiary/aromatic N) is 3. The summed E-state index contributed by atoms with van der Waals surface area (Å²) >= 11 is 0. The van der Waals surface area contributed by atoms with Gasteiger partial charge >= 0.3 is 6.09 Å². The number of nitrogens with one attached hydrogen (secondary N) is 1. The van der Waals surface area contributed by atoms with E-state index >= 15 is 0 Å². The Hall–Kier alpha value is -1.48. The first-order chi connectivity index (χ1) is 15.8. The van der Waals surface area contributed by atoms with E-state index in [9.17, 15) is 18.4 Å². The van der Waals surface area contributed by atoms with Crippen LogP contribution >= 0.6 is 0 Å². The van der Waals surface area contributed by atoms with Gasteiger partial charge in [-0.15, -0.1) is 0 Å². The first-order valence-corrected chi connectivity index (χ1v) is 12.9. The van der Waals surface area contributed by atoms with Crippen LogP contribution in [0.1, 0.15) is 65.2 Å². The summed E-state index contributed by atoms with van der Waals surface area (Å²) in [7, 11) is 0. The van der Waals surface area contributed by atoms with E-state index in [4.69, 9.17) is 4.74 Å². The number of alkyl halides is 2. The van der Waals surface area contributed by atoms with Crippen LogP contribution in [0.15, 0.2) is 0 Å². The number of amides is 2. The highest BCUT2D eigenvalue weighted by molar-refractivity contribution is 5.75. The Balaban J connectivity index is 1.30. The molecule has 7 unspecified atom stereocenters. The van der Waals surface area contributed by atoms with Gasteiger partial charge in [0, 0.05) is 45.1 Å². The zero-order valence-corrected chi connectivity index (χ0v) is 19.8. The van der Waals surface area contributed by atoms with Gasteiger partial charge in [-0.25, -0.2) is 18.6 Å². The average Bonchev–Trinajstić information content (AvgIpc) is 3.51. The predicted octanol–water partition coefficient (Wildman–Crippen LogP) is 3.04. The van der Waals surface area contributed by atoms with Crippen molar-refractivity contribution in [2.45, 2.75) is 108 Å². The Kier molecular flexibility index (Phi) is 6.55. The van der Waals surface area contributed by atoms with Gasteiger partial charge < -0.3 is 14.5 Å². The Labute approximate surface area is 195 Å². The predicted molar refractivity (Wildman–Crippen MR) is 119 cm³/mol. The number of hydrogen-bond donors (Lipinski definition) is 1. The second kappa shape index (κ2) is 9.29. The Morgan fingerprint density at radius 1 is 0.939 bits per heavy atom. The fraction of sp³-hybridized carbons (Fsp3) is 0.917. The second-order valence-electron chi connectivity index (χ2n) is 11.0. The number of piperazine rings is 1. The van der Waals surface area contributed by atoms with E-state index in [1.807, 2.05) is 11.8 Å². The summed E-state index contributed by atoms with van der Waals surface area (Å²) in [5.41, 5.74) is 3.56. The van der Waals surface area contributed by atoms with Crippen molar-refractivity contribution in [3.63, 3.8) is 0 Å². The number of hydrazine groups is 1. The van der Waals surface area contributed by atoms with Crippen molar-refractivity contribution in [3.8, 4) is 0 Å². The lowest BCUT2D eigenvalue weighted by Crippen LogP contribution is -2.67. The summed E-state index contributed by atoms with van der Waals surface area (Å²) in [6.45, 7) is 5.91. The largest absolute Gasteiger partial charge is 0.443 e. The molecule has 0 aromatic carbocycles. The molecule has 5 fully saturated rings. The van der Waals surface area contributed by atoms with Gasteiger partial charge in [0.2, 0.25) is 5.91 Å². The molecule has 8 atom stereocenters. The van der Waals surface area contributed by atoms with E-state index in [0.717, 1.165) is 32.4 Å². The van der Waals surface area contributed by atoms with Gasteiger partial charge in [-0.1, -0.05) is 0 Å². The highest BCUT2D eigenvalue weighted by Gasteiger charge is 2.49. The summed E-state index contributed by atoms with van der Waals surface area (Å²) < 4.78 is 33.8. The van der Waals surface area contributed by atoms with E-state index in [-0.39, 0.29) is 43.3 Å². The lowest BCUT2D eigenvalue weighted by atomic mass is 9.73. The van der Waals surface area contributed by atoms with Crippen molar-refractivity contribution in [3.05, 3.63) is 0 Å². The van der Waals surface area contributed by atoms with Gasteiger partial charge in [-0.3, -0.25) is 10.2 Å². The summed E-state index contributed by atoms with van der Waals surface area (Å²) in [6, 6.07) is 0.345. The third-order valence-corrected chi connectivity index (χ3v) is 8.65. The van der Waals surface area contributed by atoms with Crippen molar-refractivity contribution in [2.24, 2.45) is 11.8 Å². The molecule has 33 heavy (non-hydrogen) atoms. The molecule has 5 rings (SSSR count). The van der Waals surface area contributed by atoms with E-state index in [1.165, 1.54) is 12.8 Å². The second-order valence-corrected chi connectivity index (χ2v) is 11.0. The molecule has 3 saturated carbocycles. The summed E-state index contributed by atoms with van der Waals surface area (Å²) in [5, 5.41) is 2.38. The van der Waals surface area contributed by atoms with Crippen LogP contribution < -0.4 is 5.43 Å². The van der Waals surface area contributed by atoms with Crippen molar-refractivity contribution in [2.75, 3.05) is 19.6 Å². The molecule has 186 valence electrons. The monoisotopic (exact) mass is 468 g/mol. The van der Waals surface area contributed by atoms with E-state index in [2.05, 4.69) is 10.4 Å². The summed E-state index contributed by atoms with van der Waals surface area (Å²) in [6.07, 6.45) is 1.41. The minimum atomic E-state index is -1.32. The minimum absolute atomic E-state index is 0.0304. The van der Waals surface area contributed by atoms with Crippen molar-refractivity contribution in [1.29, 1.82) is 0 Å². The fourth-order valence-corrected chi connectivity index (χ4v) is 6.80. The van der Waals surface area contributed by atoms with Gasteiger partial charge in [-0.2, -0.15) is 0 Å². The maximum Gasteiger partial charge on any atom is 0.410 e. The lowest BCUT2D eigenvalue weighted by Gasteiger charge is -2.54. The molecule has 2 aliphatic heterocycles. The molecule has 2 amide bonds. The highest BCUT2D eigenvalue weighted by atomic mass is 19.1. The van der Waals surface area contributed by atoms with Gasteiger partial charge in [0.05, 0.1) is 12.1 Å². The van der Waals surface area contributed by atoms with Crippen LogP contribution in [0, 0.1) is 11.8 Å². The number of halogens is 2. The van der Waals surface area contributed by atoms with Gasteiger partial charge in [-0.05, 0) is 63.7 Å². The zero-order chi connectivity index (χ0) is 23.3. The number of fused-ring (bicyclic) bond motifs is 1. The van der Waals surface area contributed by atoms with Crippen LogP contribution in [-0.4, -0.2) is 89.1 Å². The molecule has 5 aliphatic rings. The maximum atomic E-state index is 14.4. The van der Waals surface area contributed by atoms with Crippen LogP contribution in [-0.2, 0) is 9.53 Å². The highest BCUT2D eigenvalue weighted by Crippen LogP contribution is 2.41. The molecule has 0 bridgehead atoms. The molecule has 0 radical (unpaired) electrons. The summed E-state index contributed by atoms with van der Waals surface area (Å²) in [4.78, 5) is 29.4. The minimum Gasteiger partial charge on any atom is -0.443 e. The van der Waals surface area contributed by atoms with Crippen LogP contribution in [0.25, 0.3) is 0 Å². The molecular weight excluding hydrogens is 430 g/mol. The molecule has 2 heterocycles. The van der Waals surface area contributed by atoms with E-state index in [1.54, 1.807) is 11.8 Å². The number of hydrogen-bond acceptors (Lipinski definition) is 5. The van der Waals surface area contributed by atoms with Crippen LogP contribution in [0.3, 0.4) is 0 Å². The standard InChI is InChI=1S/C24H38F2N4O3/c1-14-12-28(24(32)33-23-10-18(25)4-7-20(23)26)22-9-16(3-8-21(22)30(14)15(2)31)17-11-27-29(13-17)19-5-6-19/h14,16-23,27H,3-13H2,1-2H3/t14-,16?,17?,18?,20?,21?,22?,23?/m0/s1. The average molecular weight is 469 g/mol. The zero-order valence-electron chi connectivity index (χ0n) is 19.8. The number of ether oxygens (including phenoxy) is 1. The molecule has 3 aliphatic carbocycles. The lowest BCUT2D eigenvalue weighted by molar-refractivity contribution is -0.143. The van der Waals surface area contributed by atoms with Crippen molar-refractivity contribution >= 4 is 12.0 Å². The fourth-order valence-electron chi connectivity index (χ4n) is 6.80. The summed E-state index contributed by atoms with van der Waals surface area (Å²) in [5.74, 6) is 1.01. The topological polar surface area (TPSA) is 65.1 Å². The van der Waals surface area contributed by atoms with Crippen molar-refractivity contribution in [1.82, 2.24) is 20.2 Å². The number of carbonyl (C=O) groups is 2. The SMILES string of the molecule is CC(=O)N1C2CCC(C3CNN(C4CC4)C3)CC2N(C(=O)OC2CC(F)CCC2F)C[C@@H]1C. The Morgan fingerprint density at radius 2 is 1.73 bits per heavy atom.